The summed E-state index contributed by atoms with van der Waals surface area (Å²) in [5.74, 6) is -0.526. The molecule has 5 aromatic rings. The fourth-order valence-corrected chi connectivity index (χ4v) is 4.66. The molecular formula is C29H23ClN2O5. The molecule has 0 aliphatic rings. The number of aromatic nitrogens is 2. The highest BCUT2D eigenvalue weighted by molar-refractivity contribution is 6.33. The standard InChI is InChI=1S/C29H23ClN2O5/c1-4-35-28(33)25-17(2)32(19-10-6-5-7-11-19)24-15-14-20(16-22(24)25)36-29(34)26-18(3)37-31-27(26)21-12-8-9-13-23(21)30/h5-16H,4H2,1-3H3. The number of halogens is 1. The van der Waals surface area contributed by atoms with E-state index in [9.17, 15) is 9.59 Å². The van der Waals surface area contributed by atoms with Crippen LogP contribution in [0.5, 0.6) is 5.75 Å². The molecule has 8 heteroatoms. The van der Waals surface area contributed by atoms with Crippen LogP contribution < -0.4 is 4.74 Å². The molecule has 0 spiro atoms. The highest BCUT2D eigenvalue weighted by atomic mass is 35.5. The van der Waals surface area contributed by atoms with Gasteiger partial charge in [-0.2, -0.15) is 0 Å². The summed E-state index contributed by atoms with van der Waals surface area (Å²) in [6.07, 6.45) is 0. The Morgan fingerprint density at radius 2 is 1.68 bits per heavy atom. The first-order valence-electron chi connectivity index (χ1n) is 11.7. The molecule has 0 aliphatic heterocycles. The summed E-state index contributed by atoms with van der Waals surface area (Å²) in [4.78, 5) is 26.2. The van der Waals surface area contributed by atoms with Crippen molar-refractivity contribution in [1.82, 2.24) is 9.72 Å². The molecule has 0 radical (unpaired) electrons. The maximum Gasteiger partial charge on any atom is 0.349 e. The number of hydrogen-bond acceptors (Lipinski definition) is 6. The first-order chi connectivity index (χ1) is 17.9. The number of esters is 2. The summed E-state index contributed by atoms with van der Waals surface area (Å²) >= 11 is 6.33. The lowest BCUT2D eigenvalue weighted by Gasteiger charge is -2.09. The van der Waals surface area contributed by atoms with Crippen LogP contribution in [0.4, 0.5) is 0 Å². The van der Waals surface area contributed by atoms with Crippen molar-refractivity contribution in [1.29, 1.82) is 0 Å². The molecular weight excluding hydrogens is 492 g/mol. The van der Waals surface area contributed by atoms with Crippen LogP contribution in [0, 0.1) is 13.8 Å². The Balaban J connectivity index is 1.58. The first kappa shape index (κ1) is 24.3. The van der Waals surface area contributed by atoms with E-state index < -0.39 is 11.9 Å². The molecule has 0 aliphatic carbocycles. The van der Waals surface area contributed by atoms with Crippen LogP contribution in [-0.2, 0) is 4.74 Å². The molecule has 0 atom stereocenters. The number of hydrogen-bond donors (Lipinski definition) is 0. The van der Waals surface area contributed by atoms with Crippen molar-refractivity contribution in [2.75, 3.05) is 6.61 Å². The molecule has 186 valence electrons. The third-order valence-corrected chi connectivity index (χ3v) is 6.41. The third-order valence-electron chi connectivity index (χ3n) is 6.08. The Morgan fingerprint density at radius 3 is 2.41 bits per heavy atom. The second-order valence-electron chi connectivity index (χ2n) is 8.36. The van der Waals surface area contributed by atoms with Gasteiger partial charge in [0.05, 0.1) is 22.7 Å². The number of rotatable bonds is 6. The zero-order chi connectivity index (χ0) is 26.1. The van der Waals surface area contributed by atoms with Crippen molar-refractivity contribution in [3.63, 3.8) is 0 Å². The van der Waals surface area contributed by atoms with E-state index in [1.165, 1.54) is 0 Å². The Bertz CT molecular complexity index is 1640. The lowest BCUT2D eigenvalue weighted by molar-refractivity contribution is 0.0527. The van der Waals surface area contributed by atoms with Crippen LogP contribution in [0.15, 0.2) is 77.3 Å². The largest absolute Gasteiger partial charge is 0.462 e. The highest BCUT2D eigenvalue weighted by Gasteiger charge is 2.26. The third kappa shape index (κ3) is 4.38. The van der Waals surface area contributed by atoms with Crippen LogP contribution in [0.2, 0.25) is 5.02 Å². The zero-order valence-electron chi connectivity index (χ0n) is 20.4. The van der Waals surface area contributed by atoms with Gasteiger partial charge in [-0.15, -0.1) is 0 Å². The summed E-state index contributed by atoms with van der Waals surface area (Å²) < 4.78 is 18.4. The first-order valence-corrected chi connectivity index (χ1v) is 12.1. The molecule has 0 unspecified atom stereocenters. The molecule has 2 heterocycles. The van der Waals surface area contributed by atoms with Gasteiger partial charge >= 0.3 is 11.9 Å². The maximum absolute atomic E-state index is 13.3. The monoisotopic (exact) mass is 514 g/mol. The van der Waals surface area contributed by atoms with E-state index in [1.54, 1.807) is 50.2 Å². The molecule has 3 aromatic carbocycles. The van der Waals surface area contributed by atoms with Crippen molar-refractivity contribution >= 4 is 34.4 Å². The lowest BCUT2D eigenvalue weighted by Crippen LogP contribution is -2.10. The number of aryl methyl sites for hydroxylation is 1. The van der Waals surface area contributed by atoms with E-state index in [1.807, 2.05) is 47.9 Å². The van der Waals surface area contributed by atoms with Gasteiger partial charge in [-0.05, 0) is 57.2 Å². The topological polar surface area (TPSA) is 83.6 Å². The smallest absolute Gasteiger partial charge is 0.349 e. The van der Waals surface area contributed by atoms with E-state index >= 15 is 0 Å². The fraction of sp³-hybridized carbons (Fsp3) is 0.138. The summed E-state index contributed by atoms with van der Waals surface area (Å²) in [6.45, 7) is 5.49. The van der Waals surface area contributed by atoms with Crippen LogP contribution in [0.3, 0.4) is 0 Å². The van der Waals surface area contributed by atoms with Gasteiger partial charge in [0.1, 0.15) is 22.8 Å². The Labute approximate surface area is 218 Å². The van der Waals surface area contributed by atoms with Crippen LogP contribution >= 0.6 is 11.6 Å². The minimum Gasteiger partial charge on any atom is -0.462 e. The molecule has 0 amide bonds. The highest BCUT2D eigenvalue weighted by Crippen LogP contribution is 2.34. The summed E-state index contributed by atoms with van der Waals surface area (Å²) in [7, 11) is 0. The van der Waals surface area contributed by atoms with Gasteiger partial charge in [0, 0.05) is 22.3 Å². The van der Waals surface area contributed by atoms with Gasteiger partial charge in [0.2, 0.25) is 0 Å². The molecule has 0 saturated heterocycles. The van der Waals surface area contributed by atoms with Gasteiger partial charge < -0.3 is 18.6 Å². The van der Waals surface area contributed by atoms with Gasteiger partial charge in [-0.25, -0.2) is 9.59 Å². The van der Waals surface area contributed by atoms with E-state index in [-0.39, 0.29) is 17.9 Å². The molecule has 2 aromatic heterocycles. The quantitative estimate of drug-likeness (QED) is 0.180. The van der Waals surface area contributed by atoms with Crippen molar-refractivity contribution in [2.45, 2.75) is 20.8 Å². The molecule has 0 fully saturated rings. The second kappa shape index (κ2) is 9.95. The number of fused-ring (bicyclic) bond motifs is 1. The van der Waals surface area contributed by atoms with Crippen LogP contribution in [0.1, 0.15) is 39.1 Å². The molecule has 0 bridgehead atoms. The predicted molar refractivity (Wildman–Crippen MR) is 141 cm³/mol. The van der Waals surface area contributed by atoms with Gasteiger partial charge in [-0.1, -0.05) is 53.2 Å². The summed E-state index contributed by atoms with van der Waals surface area (Å²) in [5, 5.41) is 5.08. The number of carbonyl (C=O) groups is 2. The summed E-state index contributed by atoms with van der Waals surface area (Å²) in [5.41, 5.74) is 3.85. The van der Waals surface area contributed by atoms with E-state index in [0.29, 0.717) is 33.0 Å². The number of benzene rings is 3. The van der Waals surface area contributed by atoms with Crippen molar-refractivity contribution in [2.24, 2.45) is 0 Å². The number of ether oxygens (including phenoxy) is 2. The van der Waals surface area contributed by atoms with E-state index in [4.69, 9.17) is 25.6 Å². The average molecular weight is 515 g/mol. The number of para-hydroxylation sites is 1. The van der Waals surface area contributed by atoms with Crippen molar-refractivity contribution in [3.05, 3.63) is 100 Å². The SMILES string of the molecule is CCOC(=O)c1c(C)n(-c2ccccc2)c2ccc(OC(=O)c3c(-c4ccccc4Cl)noc3C)cc12. The molecule has 5 rings (SSSR count). The Morgan fingerprint density at radius 1 is 0.946 bits per heavy atom. The number of nitrogens with zero attached hydrogens (tertiary/aromatic N) is 2. The normalized spacial score (nSPS) is 11.0. The molecule has 7 nitrogen and oxygen atoms in total. The van der Waals surface area contributed by atoms with Crippen molar-refractivity contribution < 1.29 is 23.6 Å². The zero-order valence-corrected chi connectivity index (χ0v) is 21.2. The predicted octanol–water partition coefficient (Wildman–Crippen LogP) is 6.95. The lowest BCUT2D eigenvalue weighted by atomic mass is 10.1. The molecule has 0 saturated carbocycles. The maximum atomic E-state index is 13.3. The molecule has 0 N–H and O–H groups in total. The van der Waals surface area contributed by atoms with Gasteiger partial charge in [-0.3, -0.25) is 0 Å². The summed E-state index contributed by atoms with van der Waals surface area (Å²) in [6, 6.07) is 21.9. The van der Waals surface area contributed by atoms with Crippen LogP contribution in [-0.4, -0.2) is 28.3 Å². The average Bonchev–Trinajstić information content (AvgIpc) is 3.41. The van der Waals surface area contributed by atoms with Gasteiger partial charge in [0.25, 0.3) is 0 Å². The number of carbonyl (C=O) groups excluding carboxylic acids is 2. The van der Waals surface area contributed by atoms with Crippen molar-refractivity contribution in [3.8, 4) is 22.7 Å². The van der Waals surface area contributed by atoms with E-state index in [2.05, 4.69) is 5.16 Å². The fourth-order valence-electron chi connectivity index (χ4n) is 4.44. The van der Waals surface area contributed by atoms with Gasteiger partial charge in [0.15, 0.2) is 0 Å². The Hall–Kier alpha value is -4.36. The second-order valence-corrected chi connectivity index (χ2v) is 8.77. The minimum atomic E-state index is -0.648. The minimum absolute atomic E-state index is 0.178. The Kier molecular flexibility index (Phi) is 6.54. The molecule has 37 heavy (non-hydrogen) atoms. The van der Waals surface area contributed by atoms with Crippen LogP contribution in [0.25, 0.3) is 27.8 Å². The van der Waals surface area contributed by atoms with E-state index in [0.717, 1.165) is 16.9 Å².